The number of anilines is 1. The molecule has 0 saturated heterocycles. The van der Waals surface area contributed by atoms with Gasteiger partial charge in [-0.05, 0) is 47.9 Å². The van der Waals surface area contributed by atoms with Gasteiger partial charge in [0.25, 0.3) is 0 Å². The molecule has 0 heterocycles. The summed E-state index contributed by atoms with van der Waals surface area (Å²) in [6, 6.07) is 18.2. The summed E-state index contributed by atoms with van der Waals surface area (Å²) >= 11 is 6.16. The first kappa shape index (κ1) is 30.9. The van der Waals surface area contributed by atoms with E-state index in [4.69, 9.17) is 16.3 Å². The first-order valence-electron chi connectivity index (χ1n) is 12.7. The Bertz CT molecular complexity index is 1400. The van der Waals surface area contributed by atoms with Crippen LogP contribution in [0.1, 0.15) is 24.5 Å². The van der Waals surface area contributed by atoms with Crippen molar-refractivity contribution in [3.63, 3.8) is 0 Å². The molecular weight excluding hydrogens is 557 g/mol. The minimum absolute atomic E-state index is 0.0551. The molecule has 3 rings (SSSR count). The Morgan fingerprint density at radius 2 is 1.70 bits per heavy atom. The molecule has 0 saturated carbocycles. The third-order valence-electron chi connectivity index (χ3n) is 6.18. The number of benzene rings is 3. The average Bonchev–Trinajstić information content (AvgIpc) is 2.93. The number of ether oxygens (including phenoxy) is 1. The number of halogens is 2. The van der Waals surface area contributed by atoms with Gasteiger partial charge in [-0.15, -0.1) is 0 Å². The Kier molecular flexibility index (Phi) is 10.9. The van der Waals surface area contributed by atoms with Crippen molar-refractivity contribution in [3.8, 4) is 5.75 Å². The van der Waals surface area contributed by atoms with Crippen molar-refractivity contribution in [3.05, 3.63) is 94.8 Å². The molecule has 2 amide bonds. The number of carbonyl (C=O) groups excluding carboxylic acids is 2. The van der Waals surface area contributed by atoms with E-state index in [0.29, 0.717) is 18.5 Å². The number of hydrogen-bond donors (Lipinski definition) is 1. The summed E-state index contributed by atoms with van der Waals surface area (Å²) in [6.45, 7) is 1.64. The standard InChI is InChI=1S/C29H33ClFN3O5S/c1-4-16-32-29(36)26(17-21-8-6-5-7-9-21)33(19-22-10-13-24(31)14-11-22)28(35)20-34(40(3,37)38)25-18-23(30)12-15-27(25)39-2/h5-15,18,26H,4,16-17,19-20H2,1-3H3,(H,32,36)/t26-/m1/s1. The van der Waals surface area contributed by atoms with Gasteiger partial charge >= 0.3 is 0 Å². The maximum Gasteiger partial charge on any atom is 0.244 e. The van der Waals surface area contributed by atoms with Crippen LogP contribution in [0.2, 0.25) is 5.02 Å². The van der Waals surface area contributed by atoms with Crippen molar-refractivity contribution in [2.24, 2.45) is 0 Å². The van der Waals surface area contributed by atoms with E-state index in [1.165, 1.54) is 48.4 Å². The summed E-state index contributed by atoms with van der Waals surface area (Å²) in [4.78, 5) is 28.8. The monoisotopic (exact) mass is 589 g/mol. The van der Waals surface area contributed by atoms with Gasteiger partial charge in [-0.1, -0.05) is 61.0 Å². The first-order valence-corrected chi connectivity index (χ1v) is 14.9. The van der Waals surface area contributed by atoms with Crippen molar-refractivity contribution in [2.75, 3.05) is 30.8 Å². The number of hydrogen-bond acceptors (Lipinski definition) is 5. The van der Waals surface area contributed by atoms with E-state index < -0.39 is 34.3 Å². The largest absolute Gasteiger partial charge is 0.495 e. The normalized spacial score (nSPS) is 11.9. The van der Waals surface area contributed by atoms with Gasteiger partial charge in [0.15, 0.2) is 0 Å². The molecule has 0 unspecified atom stereocenters. The van der Waals surface area contributed by atoms with Crippen molar-refractivity contribution in [2.45, 2.75) is 32.4 Å². The summed E-state index contributed by atoms with van der Waals surface area (Å²) in [5, 5.41) is 3.11. The highest BCUT2D eigenvalue weighted by Crippen LogP contribution is 2.33. The Labute approximate surface area is 239 Å². The highest BCUT2D eigenvalue weighted by Gasteiger charge is 2.33. The van der Waals surface area contributed by atoms with E-state index in [-0.39, 0.29) is 35.3 Å². The lowest BCUT2D eigenvalue weighted by Gasteiger charge is -2.33. The summed E-state index contributed by atoms with van der Waals surface area (Å²) in [5.41, 5.74) is 1.47. The molecule has 3 aromatic rings. The molecule has 3 aromatic carbocycles. The number of rotatable bonds is 13. The van der Waals surface area contributed by atoms with Crippen molar-refractivity contribution in [1.82, 2.24) is 10.2 Å². The zero-order valence-electron chi connectivity index (χ0n) is 22.6. The van der Waals surface area contributed by atoms with Gasteiger partial charge < -0.3 is 15.0 Å². The maximum absolute atomic E-state index is 14.0. The Balaban J connectivity index is 2.08. The molecular formula is C29H33ClFN3O5S. The van der Waals surface area contributed by atoms with Gasteiger partial charge in [0.05, 0.1) is 19.1 Å². The second-order valence-corrected chi connectivity index (χ2v) is 11.6. The molecule has 11 heteroatoms. The van der Waals surface area contributed by atoms with Gasteiger partial charge in [-0.25, -0.2) is 12.8 Å². The van der Waals surface area contributed by atoms with Crippen LogP contribution in [0.3, 0.4) is 0 Å². The predicted molar refractivity (Wildman–Crippen MR) is 154 cm³/mol. The van der Waals surface area contributed by atoms with Crippen LogP contribution in [0.4, 0.5) is 10.1 Å². The molecule has 0 radical (unpaired) electrons. The number of nitrogens with zero attached hydrogens (tertiary/aromatic N) is 2. The van der Waals surface area contributed by atoms with Crippen LogP contribution >= 0.6 is 11.6 Å². The Morgan fingerprint density at radius 1 is 1.02 bits per heavy atom. The fourth-order valence-electron chi connectivity index (χ4n) is 4.16. The molecule has 0 aromatic heterocycles. The third kappa shape index (κ3) is 8.43. The SMILES string of the molecule is CCCNC(=O)[C@@H](Cc1ccccc1)N(Cc1ccc(F)cc1)C(=O)CN(c1cc(Cl)ccc1OC)S(C)(=O)=O. The van der Waals surface area contributed by atoms with Gasteiger partial charge in [0.1, 0.15) is 24.2 Å². The Morgan fingerprint density at radius 3 is 2.30 bits per heavy atom. The third-order valence-corrected chi connectivity index (χ3v) is 7.54. The van der Waals surface area contributed by atoms with Gasteiger partial charge in [-0.2, -0.15) is 0 Å². The lowest BCUT2D eigenvalue weighted by atomic mass is 10.0. The second kappa shape index (κ2) is 14.1. The summed E-state index contributed by atoms with van der Waals surface area (Å²) in [6.07, 6.45) is 1.84. The molecule has 1 atom stereocenters. The predicted octanol–water partition coefficient (Wildman–Crippen LogP) is 4.42. The van der Waals surface area contributed by atoms with Crippen LogP contribution in [-0.2, 0) is 32.6 Å². The summed E-state index contributed by atoms with van der Waals surface area (Å²) < 4.78 is 45.8. The van der Waals surface area contributed by atoms with Crippen LogP contribution in [0.25, 0.3) is 0 Å². The quantitative estimate of drug-likeness (QED) is 0.318. The van der Waals surface area contributed by atoms with Gasteiger partial charge in [0.2, 0.25) is 21.8 Å². The second-order valence-electron chi connectivity index (χ2n) is 9.23. The average molecular weight is 590 g/mol. The molecule has 0 aliphatic heterocycles. The number of nitrogens with one attached hydrogen (secondary N) is 1. The van der Waals surface area contributed by atoms with Crippen molar-refractivity contribution < 1.29 is 27.1 Å². The minimum atomic E-state index is -4.00. The van der Waals surface area contributed by atoms with Crippen LogP contribution in [0.5, 0.6) is 5.75 Å². The maximum atomic E-state index is 14.0. The number of methoxy groups -OCH3 is 1. The van der Waals surface area contributed by atoms with Gasteiger partial charge in [-0.3, -0.25) is 13.9 Å². The minimum Gasteiger partial charge on any atom is -0.495 e. The number of amides is 2. The number of sulfonamides is 1. The molecule has 40 heavy (non-hydrogen) atoms. The fourth-order valence-corrected chi connectivity index (χ4v) is 5.17. The van der Waals surface area contributed by atoms with Crippen LogP contribution in [0.15, 0.2) is 72.8 Å². The smallest absolute Gasteiger partial charge is 0.244 e. The first-order chi connectivity index (χ1) is 19.0. The summed E-state index contributed by atoms with van der Waals surface area (Å²) in [5.74, 6) is -1.26. The molecule has 0 aliphatic rings. The highest BCUT2D eigenvalue weighted by molar-refractivity contribution is 7.92. The molecule has 0 bridgehead atoms. The van der Waals surface area contributed by atoms with E-state index in [0.717, 1.165) is 16.1 Å². The van der Waals surface area contributed by atoms with Crippen LogP contribution in [0, 0.1) is 5.82 Å². The summed E-state index contributed by atoms with van der Waals surface area (Å²) in [7, 11) is -2.62. The molecule has 1 N–H and O–H groups in total. The Hall–Kier alpha value is -3.63. The molecule has 0 aliphatic carbocycles. The molecule has 8 nitrogen and oxygen atoms in total. The molecule has 0 spiro atoms. The van der Waals surface area contributed by atoms with E-state index in [1.807, 2.05) is 37.3 Å². The van der Waals surface area contributed by atoms with Crippen LogP contribution < -0.4 is 14.4 Å². The zero-order chi connectivity index (χ0) is 29.3. The lowest BCUT2D eigenvalue weighted by molar-refractivity contribution is -0.140. The van der Waals surface area contributed by atoms with E-state index >= 15 is 0 Å². The topological polar surface area (TPSA) is 96.0 Å². The fraction of sp³-hybridized carbons (Fsp3) is 0.310. The highest BCUT2D eigenvalue weighted by atomic mass is 35.5. The van der Waals surface area contributed by atoms with Gasteiger partial charge in [0, 0.05) is 24.5 Å². The van der Waals surface area contributed by atoms with E-state index in [1.54, 1.807) is 6.07 Å². The van der Waals surface area contributed by atoms with Crippen molar-refractivity contribution in [1.29, 1.82) is 0 Å². The van der Waals surface area contributed by atoms with E-state index in [2.05, 4.69) is 5.32 Å². The lowest BCUT2D eigenvalue weighted by Crippen LogP contribution is -2.53. The molecule has 0 fully saturated rings. The zero-order valence-corrected chi connectivity index (χ0v) is 24.2. The van der Waals surface area contributed by atoms with Crippen LogP contribution in [-0.4, -0.2) is 57.6 Å². The molecule has 214 valence electrons. The number of carbonyl (C=O) groups is 2. The van der Waals surface area contributed by atoms with Crippen molar-refractivity contribution >= 4 is 39.1 Å². The van der Waals surface area contributed by atoms with E-state index in [9.17, 15) is 22.4 Å².